The molecular formula is C35H40N4. The van der Waals surface area contributed by atoms with Crippen molar-refractivity contribution in [2.24, 2.45) is 0 Å². The summed E-state index contributed by atoms with van der Waals surface area (Å²) in [4.78, 5) is 0. The van der Waals surface area contributed by atoms with Crippen molar-refractivity contribution in [1.29, 1.82) is 21.3 Å². The maximum absolute atomic E-state index is 8.91. The summed E-state index contributed by atoms with van der Waals surface area (Å²) in [5, 5.41) is 35.9. The summed E-state index contributed by atoms with van der Waals surface area (Å²) in [6.45, 7) is 21.5. The van der Waals surface area contributed by atoms with Crippen LogP contribution in [0.5, 0.6) is 0 Å². The van der Waals surface area contributed by atoms with Crippen molar-refractivity contribution in [1.82, 2.24) is 0 Å². The molecule has 0 saturated carbocycles. The van der Waals surface area contributed by atoms with Crippen molar-refractivity contribution >= 4 is 33.3 Å². The van der Waals surface area contributed by atoms with Crippen molar-refractivity contribution in [3.63, 3.8) is 0 Å². The summed E-state index contributed by atoms with van der Waals surface area (Å²) in [5.41, 5.74) is 5.36. The number of hydrogen-bond donors (Lipinski definition) is 2. The summed E-state index contributed by atoms with van der Waals surface area (Å²) in [6.07, 6.45) is 12.7. The van der Waals surface area contributed by atoms with Gasteiger partial charge in [-0.05, 0) is 64.3 Å². The molecule has 2 aromatic rings. The smallest absolute Gasteiger partial charge is 0.0988 e. The number of hydrogen-bond acceptors (Lipinski definition) is 4. The zero-order chi connectivity index (χ0) is 29.8. The lowest BCUT2D eigenvalue weighted by atomic mass is 9.98. The molecule has 4 nitrogen and oxygen atoms in total. The van der Waals surface area contributed by atoms with Crippen LogP contribution in [0.1, 0.15) is 58.6 Å². The first kappa shape index (κ1) is 34.2. The molecule has 0 amide bonds. The molecule has 0 unspecified atom stereocenters. The van der Waals surface area contributed by atoms with Crippen LogP contribution in [0.15, 0.2) is 110 Å². The van der Waals surface area contributed by atoms with E-state index >= 15 is 0 Å². The molecule has 4 heteroatoms. The molecule has 0 fully saturated rings. The highest BCUT2D eigenvalue weighted by Gasteiger charge is 2.03. The van der Waals surface area contributed by atoms with E-state index in [9.17, 15) is 0 Å². The molecule has 0 atom stereocenters. The lowest BCUT2D eigenvalue weighted by molar-refractivity contribution is 1.33. The fourth-order valence-electron chi connectivity index (χ4n) is 3.08. The molecule has 0 aliphatic heterocycles. The third kappa shape index (κ3) is 12.3. The summed E-state index contributed by atoms with van der Waals surface area (Å²) in [7, 11) is 0. The average molecular weight is 517 g/mol. The van der Waals surface area contributed by atoms with Gasteiger partial charge in [-0.15, -0.1) is 0 Å². The molecule has 200 valence electrons. The maximum atomic E-state index is 8.91. The monoisotopic (exact) mass is 516 g/mol. The SMILES string of the molecule is C=C/C(C#N)=C\CC(=N)/C=C\C(=C)c1ccc2cc(C(=C)/C=C\C(=N)C/C=C(\C)C#N)ccc2c1.CC.CC. The molecule has 0 bridgehead atoms. The fourth-order valence-corrected chi connectivity index (χ4v) is 3.08. The van der Waals surface area contributed by atoms with E-state index in [-0.39, 0.29) is 0 Å². The van der Waals surface area contributed by atoms with E-state index in [1.165, 1.54) is 6.08 Å². The largest absolute Gasteiger partial charge is 0.305 e. The van der Waals surface area contributed by atoms with Gasteiger partial charge >= 0.3 is 0 Å². The predicted octanol–water partition coefficient (Wildman–Crippen LogP) is 9.96. The molecular weight excluding hydrogens is 476 g/mol. The van der Waals surface area contributed by atoms with Crippen LogP contribution in [0.3, 0.4) is 0 Å². The average Bonchev–Trinajstić information content (AvgIpc) is 2.99. The Balaban J connectivity index is 0.00000344. The topological polar surface area (TPSA) is 95.3 Å². The van der Waals surface area contributed by atoms with Gasteiger partial charge in [0.15, 0.2) is 0 Å². The maximum Gasteiger partial charge on any atom is 0.0988 e. The van der Waals surface area contributed by atoms with Crippen molar-refractivity contribution in [3.05, 3.63) is 121 Å². The van der Waals surface area contributed by atoms with Gasteiger partial charge < -0.3 is 10.8 Å². The van der Waals surface area contributed by atoms with Crippen molar-refractivity contribution in [2.45, 2.75) is 47.5 Å². The minimum absolute atomic E-state index is 0.354. The Morgan fingerprint density at radius 3 is 1.56 bits per heavy atom. The van der Waals surface area contributed by atoms with E-state index in [2.05, 4.69) is 37.9 Å². The van der Waals surface area contributed by atoms with E-state index in [4.69, 9.17) is 21.3 Å². The quantitative estimate of drug-likeness (QED) is 0.176. The van der Waals surface area contributed by atoms with Crippen LogP contribution in [0.25, 0.3) is 21.9 Å². The van der Waals surface area contributed by atoms with Gasteiger partial charge in [0.25, 0.3) is 0 Å². The number of benzene rings is 2. The molecule has 0 spiro atoms. The van der Waals surface area contributed by atoms with Gasteiger partial charge in [-0.3, -0.25) is 0 Å². The normalized spacial score (nSPS) is 10.9. The second-order valence-electron chi connectivity index (χ2n) is 7.93. The second-order valence-corrected chi connectivity index (χ2v) is 7.93. The van der Waals surface area contributed by atoms with Crippen molar-refractivity contribution < 1.29 is 0 Å². The van der Waals surface area contributed by atoms with E-state index < -0.39 is 0 Å². The highest BCUT2D eigenvalue weighted by Crippen LogP contribution is 2.25. The fraction of sp³-hybridized carbons (Fsp3) is 0.200. The minimum atomic E-state index is 0.354. The van der Waals surface area contributed by atoms with Gasteiger partial charge in [-0.1, -0.05) is 102 Å². The molecule has 2 N–H and O–H groups in total. The second kappa shape index (κ2) is 19.3. The highest BCUT2D eigenvalue weighted by atomic mass is 14.4. The van der Waals surface area contributed by atoms with Crippen LogP contribution in [0.2, 0.25) is 0 Å². The first-order valence-electron chi connectivity index (χ1n) is 13.0. The molecule has 0 aromatic heterocycles. The summed E-state index contributed by atoms with van der Waals surface area (Å²) >= 11 is 0. The molecule has 39 heavy (non-hydrogen) atoms. The van der Waals surface area contributed by atoms with E-state index in [0.29, 0.717) is 35.4 Å². The molecule has 0 saturated heterocycles. The number of nitriles is 2. The Kier molecular flexibility index (Phi) is 17.0. The Morgan fingerprint density at radius 2 is 1.18 bits per heavy atom. The lowest BCUT2D eigenvalue weighted by Crippen LogP contribution is -1.90. The van der Waals surface area contributed by atoms with E-state index in [1.54, 1.807) is 37.3 Å². The Labute approximate surface area is 235 Å². The van der Waals surface area contributed by atoms with Crippen molar-refractivity contribution in [2.75, 3.05) is 0 Å². The molecule has 0 radical (unpaired) electrons. The van der Waals surface area contributed by atoms with Crippen LogP contribution >= 0.6 is 0 Å². The van der Waals surface area contributed by atoms with Crippen LogP contribution in [0.4, 0.5) is 0 Å². The number of rotatable bonds is 11. The minimum Gasteiger partial charge on any atom is -0.305 e. The van der Waals surface area contributed by atoms with Gasteiger partial charge in [0.1, 0.15) is 0 Å². The Morgan fingerprint density at radius 1 is 0.744 bits per heavy atom. The van der Waals surface area contributed by atoms with Crippen LogP contribution < -0.4 is 0 Å². The Hall–Kier alpha value is -4.80. The molecule has 0 aliphatic carbocycles. The third-order valence-corrected chi connectivity index (χ3v) is 5.25. The summed E-state index contributed by atoms with van der Waals surface area (Å²) in [5.74, 6) is 0. The standard InChI is InChI=1S/C31H28N4.2C2H6/c1-5-25(21-33)9-17-31(35)16-8-24(4)27-11-13-28-18-26(10-12-29(28)19-27)23(3)7-15-30(34)14-6-22(2)20-32;2*1-2/h5-13,15-16,18-19,34-35H,1,3-4,14,17H2,2H3;2*1-2H3/b15-7-,16-8-,22-6+,25-9+,34-30?,35-31?;;. The zero-order valence-corrected chi connectivity index (χ0v) is 23.9. The first-order chi connectivity index (χ1) is 18.8. The molecule has 2 rings (SSSR count). The van der Waals surface area contributed by atoms with Gasteiger partial charge in [0.2, 0.25) is 0 Å². The van der Waals surface area contributed by atoms with Crippen LogP contribution in [-0.2, 0) is 0 Å². The number of fused-ring (bicyclic) bond motifs is 1. The number of allylic oxidation sites excluding steroid dienone is 11. The zero-order valence-electron chi connectivity index (χ0n) is 23.9. The summed E-state index contributed by atoms with van der Waals surface area (Å²) < 4.78 is 0. The van der Waals surface area contributed by atoms with Crippen LogP contribution in [0, 0.1) is 33.5 Å². The van der Waals surface area contributed by atoms with Gasteiger partial charge in [-0.2, -0.15) is 10.5 Å². The highest BCUT2D eigenvalue weighted by molar-refractivity contribution is 5.98. The Bertz CT molecular complexity index is 1400. The van der Waals surface area contributed by atoms with E-state index in [0.717, 1.165) is 33.0 Å². The number of nitrogens with zero attached hydrogens (tertiary/aromatic N) is 2. The van der Waals surface area contributed by atoms with Crippen molar-refractivity contribution in [3.8, 4) is 12.1 Å². The first-order valence-corrected chi connectivity index (χ1v) is 13.0. The summed E-state index contributed by atoms with van der Waals surface area (Å²) in [6, 6.07) is 16.2. The molecule has 2 aromatic carbocycles. The van der Waals surface area contributed by atoms with Gasteiger partial charge in [0.05, 0.1) is 12.1 Å². The van der Waals surface area contributed by atoms with Gasteiger partial charge in [0, 0.05) is 35.4 Å². The predicted molar refractivity (Wildman–Crippen MR) is 171 cm³/mol. The third-order valence-electron chi connectivity index (χ3n) is 5.25. The van der Waals surface area contributed by atoms with Gasteiger partial charge in [-0.25, -0.2) is 0 Å². The molecule has 0 heterocycles. The van der Waals surface area contributed by atoms with E-state index in [1.807, 2.05) is 64.1 Å². The number of nitrogens with one attached hydrogen (secondary N) is 2. The molecule has 0 aliphatic rings. The lowest BCUT2D eigenvalue weighted by Gasteiger charge is -2.07. The van der Waals surface area contributed by atoms with Crippen LogP contribution in [-0.4, -0.2) is 11.4 Å².